The lowest BCUT2D eigenvalue weighted by Crippen LogP contribution is -2.44. The van der Waals surface area contributed by atoms with Gasteiger partial charge in [-0.05, 0) is 45.4 Å². The lowest BCUT2D eigenvalue weighted by atomic mass is 9.94. The van der Waals surface area contributed by atoms with Crippen molar-refractivity contribution in [1.29, 1.82) is 0 Å². The molecule has 1 atom stereocenters. The van der Waals surface area contributed by atoms with Gasteiger partial charge in [-0.2, -0.15) is 0 Å². The van der Waals surface area contributed by atoms with Gasteiger partial charge in [0.15, 0.2) is 0 Å². The highest BCUT2D eigenvalue weighted by Gasteiger charge is 2.24. The van der Waals surface area contributed by atoms with Crippen LogP contribution in [-0.4, -0.2) is 17.2 Å². The Morgan fingerprint density at radius 2 is 1.62 bits per heavy atom. The molecule has 0 bridgehead atoms. The monoisotopic (exact) mass is 225 g/mol. The minimum atomic E-state index is -0.985. The predicted octanol–water partition coefficient (Wildman–Crippen LogP) is 2.42. The average molecular weight is 225 g/mol. The Hall–Kier alpha value is -0.930. The van der Waals surface area contributed by atoms with Gasteiger partial charge in [-0.25, -0.2) is 4.39 Å². The molecule has 0 spiro atoms. The molecule has 0 saturated heterocycles. The molecule has 0 saturated carbocycles. The van der Waals surface area contributed by atoms with E-state index in [2.05, 4.69) is 5.32 Å². The third-order valence-electron chi connectivity index (χ3n) is 2.43. The van der Waals surface area contributed by atoms with Crippen LogP contribution < -0.4 is 5.32 Å². The Labute approximate surface area is 96.5 Å². The van der Waals surface area contributed by atoms with Crippen molar-refractivity contribution in [2.45, 2.75) is 38.8 Å². The third-order valence-corrected chi connectivity index (χ3v) is 2.43. The third kappa shape index (κ3) is 3.91. The Bertz CT molecular complexity index is 338. The van der Waals surface area contributed by atoms with Crippen molar-refractivity contribution in [3.05, 3.63) is 35.6 Å². The van der Waals surface area contributed by atoms with Crippen LogP contribution in [0, 0.1) is 5.82 Å². The van der Waals surface area contributed by atoms with Crippen molar-refractivity contribution in [3.8, 4) is 0 Å². The molecule has 0 heterocycles. The number of aliphatic hydroxyl groups is 1. The van der Waals surface area contributed by atoms with Gasteiger partial charge < -0.3 is 10.4 Å². The molecule has 0 fully saturated rings. The average Bonchev–Trinajstić information content (AvgIpc) is 2.15. The molecule has 3 heteroatoms. The number of hydrogen-bond acceptors (Lipinski definition) is 2. The highest BCUT2D eigenvalue weighted by molar-refractivity contribution is 5.22. The maximum atomic E-state index is 12.8. The molecule has 0 radical (unpaired) electrons. The number of halogens is 1. The largest absolute Gasteiger partial charge is 0.384 e. The van der Waals surface area contributed by atoms with E-state index in [0.29, 0.717) is 12.1 Å². The van der Waals surface area contributed by atoms with Crippen LogP contribution in [0.1, 0.15) is 33.3 Å². The van der Waals surface area contributed by atoms with Crippen molar-refractivity contribution in [2.75, 3.05) is 6.54 Å². The quantitative estimate of drug-likeness (QED) is 0.828. The Kier molecular flexibility index (Phi) is 3.71. The first-order chi connectivity index (χ1) is 7.21. The van der Waals surface area contributed by atoms with Crippen LogP contribution >= 0.6 is 0 Å². The fraction of sp³-hybridized carbons (Fsp3) is 0.538. The zero-order valence-corrected chi connectivity index (χ0v) is 10.3. The Morgan fingerprint density at radius 3 is 2.06 bits per heavy atom. The molecule has 90 valence electrons. The maximum Gasteiger partial charge on any atom is 0.123 e. The van der Waals surface area contributed by atoms with Crippen LogP contribution in [0.25, 0.3) is 0 Å². The van der Waals surface area contributed by atoms with Crippen LogP contribution in [-0.2, 0) is 5.60 Å². The van der Waals surface area contributed by atoms with Crippen molar-refractivity contribution in [1.82, 2.24) is 5.32 Å². The van der Waals surface area contributed by atoms with Gasteiger partial charge in [0.25, 0.3) is 0 Å². The summed E-state index contributed by atoms with van der Waals surface area (Å²) in [4.78, 5) is 0. The van der Waals surface area contributed by atoms with Gasteiger partial charge in [0, 0.05) is 12.1 Å². The van der Waals surface area contributed by atoms with Crippen LogP contribution in [0.4, 0.5) is 4.39 Å². The smallest absolute Gasteiger partial charge is 0.123 e. The molecule has 0 aliphatic rings. The summed E-state index contributed by atoms with van der Waals surface area (Å²) < 4.78 is 12.8. The fourth-order valence-electron chi connectivity index (χ4n) is 1.35. The molecular weight excluding hydrogens is 205 g/mol. The summed E-state index contributed by atoms with van der Waals surface area (Å²) in [5.74, 6) is -0.289. The van der Waals surface area contributed by atoms with Crippen molar-refractivity contribution in [3.63, 3.8) is 0 Å². The van der Waals surface area contributed by atoms with E-state index in [9.17, 15) is 9.50 Å². The van der Waals surface area contributed by atoms with Gasteiger partial charge in [0.1, 0.15) is 5.82 Å². The van der Waals surface area contributed by atoms with Gasteiger partial charge >= 0.3 is 0 Å². The van der Waals surface area contributed by atoms with E-state index < -0.39 is 5.60 Å². The summed E-state index contributed by atoms with van der Waals surface area (Å²) in [5, 5.41) is 13.5. The van der Waals surface area contributed by atoms with Gasteiger partial charge in [-0.1, -0.05) is 12.1 Å². The Balaban J connectivity index is 2.73. The molecule has 0 aliphatic carbocycles. The van der Waals surface area contributed by atoms with Gasteiger partial charge in [0.2, 0.25) is 0 Å². The van der Waals surface area contributed by atoms with Crippen LogP contribution in [0.3, 0.4) is 0 Å². The number of benzene rings is 1. The predicted molar refractivity (Wildman–Crippen MR) is 63.7 cm³/mol. The van der Waals surface area contributed by atoms with E-state index in [1.807, 2.05) is 20.8 Å². The van der Waals surface area contributed by atoms with Gasteiger partial charge in [-0.15, -0.1) is 0 Å². The first kappa shape index (κ1) is 13.1. The zero-order chi connectivity index (χ0) is 12.4. The molecule has 1 rings (SSSR count). The minimum absolute atomic E-state index is 0.0516. The van der Waals surface area contributed by atoms with E-state index in [0.717, 1.165) is 0 Å². The fourth-order valence-corrected chi connectivity index (χ4v) is 1.35. The number of rotatable bonds is 3. The molecule has 16 heavy (non-hydrogen) atoms. The number of hydrogen-bond donors (Lipinski definition) is 2. The lowest BCUT2D eigenvalue weighted by Gasteiger charge is -2.29. The second-order valence-corrected chi connectivity index (χ2v) is 5.38. The zero-order valence-electron chi connectivity index (χ0n) is 10.3. The summed E-state index contributed by atoms with van der Waals surface area (Å²) in [6.45, 7) is 8.26. The topological polar surface area (TPSA) is 32.3 Å². The molecule has 1 unspecified atom stereocenters. The highest BCUT2D eigenvalue weighted by atomic mass is 19.1. The SMILES string of the molecule is CC(C)(C)NCC(C)(O)c1ccc(F)cc1. The molecule has 1 aromatic carbocycles. The minimum Gasteiger partial charge on any atom is -0.384 e. The van der Waals surface area contributed by atoms with Crippen LogP contribution in [0.2, 0.25) is 0 Å². The molecule has 0 aliphatic heterocycles. The summed E-state index contributed by atoms with van der Waals surface area (Å²) in [6.07, 6.45) is 0. The second-order valence-electron chi connectivity index (χ2n) is 5.38. The van der Waals surface area contributed by atoms with Crippen LogP contribution in [0.5, 0.6) is 0 Å². The summed E-state index contributed by atoms with van der Waals surface area (Å²) >= 11 is 0. The van der Waals surface area contributed by atoms with Gasteiger partial charge in [0.05, 0.1) is 5.60 Å². The van der Waals surface area contributed by atoms with Crippen molar-refractivity contribution < 1.29 is 9.50 Å². The first-order valence-corrected chi connectivity index (χ1v) is 5.44. The summed E-state index contributed by atoms with van der Waals surface area (Å²) in [6, 6.07) is 5.95. The molecule has 1 aromatic rings. The Morgan fingerprint density at radius 1 is 1.12 bits per heavy atom. The van der Waals surface area contributed by atoms with Gasteiger partial charge in [-0.3, -0.25) is 0 Å². The molecule has 0 aromatic heterocycles. The van der Waals surface area contributed by atoms with E-state index in [1.54, 1.807) is 19.1 Å². The van der Waals surface area contributed by atoms with E-state index in [-0.39, 0.29) is 11.4 Å². The standard InChI is InChI=1S/C13H20FNO/c1-12(2,3)15-9-13(4,16)10-5-7-11(14)8-6-10/h5-8,15-16H,9H2,1-4H3. The summed E-state index contributed by atoms with van der Waals surface area (Å²) in [5.41, 5.74) is -0.323. The molecular formula is C13H20FNO. The van der Waals surface area contributed by atoms with E-state index in [4.69, 9.17) is 0 Å². The number of β-amino-alcohol motifs (C(OH)–C–C–N with tert-alkyl or cyclic N) is 1. The first-order valence-electron chi connectivity index (χ1n) is 5.44. The maximum absolute atomic E-state index is 12.8. The van der Waals surface area contributed by atoms with E-state index >= 15 is 0 Å². The highest BCUT2D eigenvalue weighted by Crippen LogP contribution is 2.20. The lowest BCUT2D eigenvalue weighted by molar-refractivity contribution is 0.0501. The summed E-state index contributed by atoms with van der Waals surface area (Å²) in [7, 11) is 0. The normalized spacial score (nSPS) is 15.9. The number of nitrogens with one attached hydrogen (secondary N) is 1. The molecule has 0 amide bonds. The van der Waals surface area contributed by atoms with Crippen LogP contribution in [0.15, 0.2) is 24.3 Å². The molecule has 2 N–H and O–H groups in total. The van der Waals surface area contributed by atoms with Crippen molar-refractivity contribution >= 4 is 0 Å². The van der Waals surface area contributed by atoms with E-state index in [1.165, 1.54) is 12.1 Å². The van der Waals surface area contributed by atoms with Crippen molar-refractivity contribution in [2.24, 2.45) is 0 Å². The second kappa shape index (κ2) is 4.52. The molecule has 2 nitrogen and oxygen atoms in total.